The van der Waals surface area contributed by atoms with Crippen molar-refractivity contribution in [1.82, 2.24) is 9.13 Å². The molecule has 9 aromatic carbocycles. The quantitative estimate of drug-likeness (QED) is 0.170. The van der Waals surface area contributed by atoms with E-state index in [1.807, 2.05) is 0 Å². The second-order valence-electron chi connectivity index (χ2n) is 14.9. The smallest absolute Gasteiger partial charge is 0.145 e. The zero-order chi connectivity index (χ0) is 38.2. The first-order chi connectivity index (χ1) is 28.8. The van der Waals surface area contributed by atoms with E-state index >= 15 is 0 Å². The minimum Gasteiger partial charge on any atom is -0.455 e. The topological polar surface area (TPSA) is 26.2 Å². The van der Waals surface area contributed by atoms with Crippen molar-refractivity contribution in [3.63, 3.8) is 0 Å². The number of anilines is 3. The monoisotopic (exact) mass is 741 g/mol. The normalized spacial score (nSPS) is 11.8. The van der Waals surface area contributed by atoms with Crippen molar-refractivity contribution in [1.29, 1.82) is 0 Å². The molecule has 272 valence electrons. The van der Waals surface area contributed by atoms with Crippen LogP contribution in [-0.2, 0) is 0 Å². The Morgan fingerprint density at radius 3 is 1.34 bits per heavy atom. The van der Waals surface area contributed by atoms with E-state index in [9.17, 15) is 0 Å². The van der Waals surface area contributed by atoms with Crippen molar-refractivity contribution in [2.45, 2.75) is 0 Å². The molecule has 12 rings (SSSR count). The second-order valence-corrected chi connectivity index (χ2v) is 14.9. The molecule has 12 aromatic rings. The van der Waals surface area contributed by atoms with E-state index < -0.39 is 0 Å². The molecule has 0 bridgehead atoms. The standard InChI is InChI=1S/C54H35N3O/c1-4-16-38(17-5-1)55(39-18-6-2-7-19-39)41-29-27-36(28-30-41)37-15-14-22-42(35-37)57-48-26-13-11-24-46(48)52-50(57)34-32-44-43-31-33-49-51(53(43)58-54(44)52)45-23-10-12-25-47(45)56(49)40-20-8-3-9-21-40/h1-35H. The Kier molecular flexibility index (Phi) is 7.20. The maximum atomic E-state index is 7.15. The van der Waals surface area contributed by atoms with Gasteiger partial charge < -0.3 is 18.5 Å². The van der Waals surface area contributed by atoms with Gasteiger partial charge in [-0.05, 0) is 108 Å². The average molecular weight is 742 g/mol. The molecule has 58 heavy (non-hydrogen) atoms. The number of furan rings is 1. The molecule has 0 radical (unpaired) electrons. The lowest BCUT2D eigenvalue weighted by atomic mass is 10.0. The molecule has 0 unspecified atom stereocenters. The molecule has 4 heteroatoms. The summed E-state index contributed by atoms with van der Waals surface area (Å²) in [5, 5.41) is 6.86. The number of hydrogen-bond donors (Lipinski definition) is 0. The summed E-state index contributed by atoms with van der Waals surface area (Å²) in [7, 11) is 0. The van der Waals surface area contributed by atoms with Crippen LogP contribution in [0.1, 0.15) is 0 Å². The van der Waals surface area contributed by atoms with Crippen LogP contribution in [0.2, 0.25) is 0 Å². The molecule has 0 N–H and O–H groups in total. The Hall–Kier alpha value is -7.82. The van der Waals surface area contributed by atoms with Gasteiger partial charge in [-0.2, -0.15) is 0 Å². The molecular weight excluding hydrogens is 707 g/mol. The molecule has 0 amide bonds. The first-order valence-corrected chi connectivity index (χ1v) is 19.8. The molecule has 4 nitrogen and oxygen atoms in total. The highest BCUT2D eigenvalue weighted by atomic mass is 16.3. The van der Waals surface area contributed by atoms with Gasteiger partial charge in [0.25, 0.3) is 0 Å². The molecule has 3 aromatic heterocycles. The van der Waals surface area contributed by atoms with Gasteiger partial charge in [-0.15, -0.1) is 0 Å². The number of rotatable bonds is 6. The number of benzene rings is 9. The Labute approximate surface area is 334 Å². The van der Waals surface area contributed by atoms with Gasteiger partial charge in [-0.1, -0.05) is 115 Å². The zero-order valence-corrected chi connectivity index (χ0v) is 31.5. The van der Waals surface area contributed by atoms with Crippen LogP contribution in [0.25, 0.3) is 88.1 Å². The van der Waals surface area contributed by atoms with E-state index in [0.29, 0.717) is 0 Å². The third kappa shape index (κ3) is 4.88. The lowest BCUT2D eigenvalue weighted by molar-refractivity contribution is 0.677. The SMILES string of the molecule is c1ccc(N(c2ccccc2)c2ccc(-c3cccc(-n4c5ccccc5c5c6oc7c(ccc8c7c7ccccc7n8-c7ccccc7)c6ccc54)c3)cc2)cc1. The van der Waals surface area contributed by atoms with E-state index in [0.717, 1.165) is 94.3 Å². The molecule has 0 saturated carbocycles. The third-order valence-electron chi connectivity index (χ3n) is 11.7. The van der Waals surface area contributed by atoms with Gasteiger partial charge in [-0.3, -0.25) is 0 Å². The summed E-state index contributed by atoms with van der Waals surface area (Å²) in [5.74, 6) is 0. The lowest BCUT2D eigenvalue weighted by Gasteiger charge is -2.25. The van der Waals surface area contributed by atoms with E-state index in [2.05, 4.69) is 226 Å². The second kappa shape index (κ2) is 12.9. The average Bonchev–Trinajstić information content (AvgIpc) is 3.95. The van der Waals surface area contributed by atoms with Gasteiger partial charge in [0.15, 0.2) is 0 Å². The fourth-order valence-electron chi connectivity index (χ4n) is 9.16. The Balaban J connectivity index is 1.01. The number of para-hydroxylation sites is 5. The molecule has 3 heterocycles. The van der Waals surface area contributed by atoms with Crippen LogP contribution in [0.3, 0.4) is 0 Å². The summed E-state index contributed by atoms with van der Waals surface area (Å²) in [6, 6.07) is 75.8. The van der Waals surface area contributed by atoms with E-state index in [-0.39, 0.29) is 0 Å². The van der Waals surface area contributed by atoms with Gasteiger partial charge in [0.1, 0.15) is 11.2 Å². The van der Waals surface area contributed by atoms with Crippen LogP contribution in [0.5, 0.6) is 0 Å². The van der Waals surface area contributed by atoms with Gasteiger partial charge in [0.2, 0.25) is 0 Å². The predicted octanol–water partition coefficient (Wildman–Crippen LogP) is 14.9. The Morgan fingerprint density at radius 1 is 0.310 bits per heavy atom. The minimum atomic E-state index is 0.916. The first kappa shape index (κ1) is 32.4. The molecule has 0 saturated heterocycles. The maximum Gasteiger partial charge on any atom is 0.145 e. The number of fused-ring (bicyclic) bond motifs is 11. The van der Waals surface area contributed by atoms with E-state index in [1.54, 1.807) is 0 Å². The number of aromatic nitrogens is 2. The van der Waals surface area contributed by atoms with Crippen LogP contribution < -0.4 is 4.90 Å². The predicted molar refractivity (Wildman–Crippen MR) is 243 cm³/mol. The molecular formula is C54H35N3O. The van der Waals surface area contributed by atoms with Crippen LogP contribution in [0.15, 0.2) is 217 Å². The number of hydrogen-bond acceptors (Lipinski definition) is 2. The summed E-state index contributed by atoms with van der Waals surface area (Å²) >= 11 is 0. The molecule has 0 aliphatic rings. The first-order valence-electron chi connectivity index (χ1n) is 19.8. The van der Waals surface area contributed by atoms with Crippen LogP contribution >= 0.6 is 0 Å². The zero-order valence-electron chi connectivity index (χ0n) is 31.5. The largest absolute Gasteiger partial charge is 0.455 e. The molecule has 0 aliphatic carbocycles. The van der Waals surface area contributed by atoms with Gasteiger partial charge in [-0.25, -0.2) is 0 Å². The van der Waals surface area contributed by atoms with Crippen LogP contribution in [0, 0.1) is 0 Å². The van der Waals surface area contributed by atoms with Crippen LogP contribution in [-0.4, -0.2) is 9.13 Å². The van der Waals surface area contributed by atoms with Crippen molar-refractivity contribution in [2.75, 3.05) is 4.90 Å². The molecule has 0 atom stereocenters. The highest BCUT2D eigenvalue weighted by Gasteiger charge is 2.22. The maximum absolute atomic E-state index is 7.15. The fraction of sp³-hybridized carbons (Fsp3) is 0. The van der Waals surface area contributed by atoms with Crippen LogP contribution in [0.4, 0.5) is 17.1 Å². The van der Waals surface area contributed by atoms with Gasteiger partial charge >= 0.3 is 0 Å². The summed E-state index contributed by atoms with van der Waals surface area (Å²) < 4.78 is 11.9. The van der Waals surface area contributed by atoms with Gasteiger partial charge in [0.05, 0.1) is 32.8 Å². The van der Waals surface area contributed by atoms with Gasteiger partial charge in [0, 0.05) is 50.0 Å². The summed E-state index contributed by atoms with van der Waals surface area (Å²) in [5.41, 5.74) is 14.3. The van der Waals surface area contributed by atoms with Crippen molar-refractivity contribution in [3.05, 3.63) is 212 Å². The van der Waals surface area contributed by atoms with Crippen molar-refractivity contribution >= 4 is 82.6 Å². The summed E-state index contributed by atoms with van der Waals surface area (Å²) in [6.45, 7) is 0. The molecule has 0 spiro atoms. The molecule has 0 fully saturated rings. The van der Waals surface area contributed by atoms with Crippen molar-refractivity contribution in [3.8, 4) is 22.5 Å². The number of nitrogens with zero attached hydrogens (tertiary/aromatic N) is 3. The Morgan fingerprint density at radius 2 is 0.776 bits per heavy atom. The fourth-order valence-corrected chi connectivity index (χ4v) is 9.16. The highest BCUT2D eigenvalue weighted by molar-refractivity contribution is 6.29. The van der Waals surface area contributed by atoms with E-state index in [4.69, 9.17) is 4.42 Å². The van der Waals surface area contributed by atoms with E-state index in [1.165, 1.54) is 10.8 Å². The highest BCUT2D eigenvalue weighted by Crippen LogP contribution is 2.45. The minimum absolute atomic E-state index is 0.916. The summed E-state index contributed by atoms with van der Waals surface area (Å²) in [4.78, 5) is 2.30. The summed E-state index contributed by atoms with van der Waals surface area (Å²) in [6.07, 6.45) is 0. The lowest BCUT2D eigenvalue weighted by Crippen LogP contribution is -2.09. The Bertz CT molecular complexity index is 3450. The van der Waals surface area contributed by atoms with Crippen molar-refractivity contribution in [2.24, 2.45) is 0 Å². The third-order valence-corrected chi connectivity index (χ3v) is 11.7. The molecule has 0 aliphatic heterocycles. The van der Waals surface area contributed by atoms with Crippen molar-refractivity contribution < 1.29 is 4.42 Å².